The molecule has 0 aromatic heterocycles. The minimum atomic E-state index is -0.136. The zero-order chi connectivity index (χ0) is 19.2. The number of ether oxygens (including phenoxy) is 1. The topological polar surface area (TPSA) is 46.5 Å². The van der Waals surface area contributed by atoms with Crippen LogP contribution < -0.4 is 0 Å². The molecule has 0 aliphatic heterocycles. The summed E-state index contributed by atoms with van der Waals surface area (Å²) in [6, 6.07) is 6.08. The number of phenolic OH excluding ortho intramolecular Hbond substituents is 1. The molecule has 0 saturated heterocycles. The van der Waals surface area contributed by atoms with Gasteiger partial charge in [0.05, 0.1) is 0 Å². The number of aromatic hydroxyl groups is 1. The zero-order valence-corrected chi connectivity index (χ0v) is 17.0. The lowest BCUT2D eigenvalue weighted by atomic mass is 9.98. The Morgan fingerprint density at radius 2 is 1.48 bits per heavy atom. The summed E-state index contributed by atoms with van der Waals surface area (Å²) in [6.45, 7) is 3.02. The molecule has 2 saturated carbocycles. The average molecular weight is 373 g/mol. The molecule has 0 radical (unpaired) electrons. The summed E-state index contributed by atoms with van der Waals surface area (Å²) < 4.78 is 5.20. The van der Waals surface area contributed by atoms with Gasteiger partial charge < -0.3 is 9.84 Å². The highest BCUT2D eigenvalue weighted by Crippen LogP contribution is 2.49. The van der Waals surface area contributed by atoms with E-state index in [9.17, 15) is 9.90 Å². The summed E-state index contributed by atoms with van der Waals surface area (Å²) in [5.41, 5.74) is 3.05. The van der Waals surface area contributed by atoms with Crippen LogP contribution in [0, 0.1) is 5.41 Å². The van der Waals surface area contributed by atoms with Crippen molar-refractivity contribution in [2.24, 2.45) is 5.41 Å². The summed E-state index contributed by atoms with van der Waals surface area (Å²) in [6.07, 6.45) is 16.7. The van der Waals surface area contributed by atoms with Gasteiger partial charge in [0.25, 0.3) is 6.47 Å². The number of hydrogen-bond acceptors (Lipinski definition) is 3. The number of aryl methyl sites for hydroxylation is 2. The zero-order valence-electron chi connectivity index (χ0n) is 17.0. The fourth-order valence-electron chi connectivity index (χ4n) is 4.17. The first-order valence-electron chi connectivity index (χ1n) is 11.0. The lowest BCUT2D eigenvalue weighted by Gasteiger charge is -2.13. The molecule has 1 N–H and O–H groups in total. The van der Waals surface area contributed by atoms with Gasteiger partial charge in [0.15, 0.2) is 0 Å². The van der Waals surface area contributed by atoms with Crippen LogP contribution in [0.1, 0.15) is 95.1 Å². The number of carbonyl (C=O) groups excluding carboxylic acids is 1. The van der Waals surface area contributed by atoms with Gasteiger partial charge in [-0.25, -0.2) is 0 Å². The van der Waals surface area contributed by atoms with Crippen molar-refractivity contribution in [2.75, 3.05) is 0 Å². The predicted molar refractivity (Wildman–Crippen MR) is 109 cm³/mol. The summed E-state index contributed by atoms with van der Waals surface area (Å²) in [4.78, 5) is 10.5. The van der Waals surface area contributed by atoms with Gasteiger partial charge in [0, 0.05) is 0 Å². The third-order valence-electron chi connectivity index (χ3n) is 6.59. The minimum Gasteiger partial charge on any atom is -0.508 e. The van der Waals surface area contributed by atoms with E-state index in [4.69, 9.17) is 4.74 Å². The summed E-state index contributed by atoms with van der Waals surface area (Å²) >= 11 is 0. The molecule has 0 atom stereocenters. The lowest BCUT2D eigenvalue weighted by Crippen LogP contribution is -2.12. The van der Waals surface area contributed by atoms with Crippen LogP contribution in [-0.2, 0) is 22.4 Å². The minimum absolute atomic E-state index is 0.136. The number of hydrogen-bond donors (Lipinski definition) is 1. The van der Waals surface area contributed by atoms with Gasteiger partial charge >= 0.3 is 0 Å². The summed E-state index contributed by atoms with van der Waals surface area (Å²) in [5.74, 6) is 0.395. The van der Waals surface area contributed by atoms with E-state index in [-0.39, 0.29) is 5.60 Å². The van der Waals surface area contributed by atoms with Crippen molar-refractivity contribution in [2.45, 2.75) is 102 Å². The van der Waals surface area contributed by atoms with Crippen LogP contribution in [0.25, 0.3) is 0 Å². The van der Waals surface area contributed by atoms with Crippen molar-refractivity contribution >= 4 is 6.47 Å². The molecule has 0 bridgehead atoms. The van der Waals surface area contributed by atoms with E-state index in [1.807, 2.05) is 12.1 Å². The monoisotopic (exact) mass is 372 g/mol. The van der Waals surface area contributed by atoms with E-state index >= 15 is 0 Å². The third kappa shape index (κ3) is 6.86. The molecule has 1 aromatic rings. The van der Waals surface area contributed by atoms with Crippen LogP contribution in [0.3, 0.4) is 0 Å². The molecule has 0 amide bonds. The molecule has 3 heteroatoms. The first kappa shape index (κ1) is 20.2. The number of rotatable bonds is 14. The van der Waals surface area contributed by atoms with Crippen LogP contribution in [0.15, 0.2) is 18.2 Å². The number of carbonyl (C=O) groups is 1. The number of phenols is 1. The van der Waals surface area contributed by atoms with E-state index in [2.05, 4.69) is 13.0 Å². The van der Waals surface area contributed by atoms with Crippen molar-refractivity contribution in [1.82, 2.24) is 0 Å². The Balaban J connectivity index is 1.32. The molecule has 0 unspecified atom stereocenters. The Labute approximate surface area is 164 Å². The van der Waals surface area contributed by atoms with Gasteiger partial charge in [-0.3, -0.25) is 4.79 Å². The first-order chi connectivity index (χ1) is 13.0. The fourth-order valence-corrected chi connectivity index (χ4v) is 4.17. The largest absolute Gasteiger partial charge is 0.508 e. The van der Waals surface area contributed by atoms with Crippen molar-refractivity contribution in [3.8, 4) is 5.75 Å². The van der Waals surface area contributed by atoms with Crippen molar-refractivity contribution in [1.29, 1.82) is 0 Å². The van der Waals surface area contributed by atoms with Crippen LogP contribution in [0.5, 0.6) is 5.75 Å². The standard InChI is InChI=1S/C24H36O3/c1-23(12-13-23)10-6-3-2-4-8-20-16-21(18-22(26)17-20)9-5-7-11-24(14-15-24)27-19-25/h16-19,26H,2-15H2,1H3. The molecule has 1 aromatic carbocycles. The van der Waals surface area contributed by atoms with Gasteiger partial charge in [0.2, 0.25) is 0 Å². The molecule has 2 aliphatic carbocycles. The van der Waals surface area contributed by atoms with Crippen LogP contribution in [-0.4, -0.2) is 17.2 Å². The highest BCUT2D eigenvalue weighted by atomic mass is 16.5. The highest BCUT2D eigenvalue weighted by molar-refractivity contribution is 5.39. The average Bonchev–Trinajstić information content (AvgIpc) is 3.55. The second-order valence-electron chi connectivity index (χ2n) is 9.34. The molecule has 0 heterocycles. The normalized spacial score (nSPS) is 18.9. The van der Waals surface area contributed by atoms with Crippen molar-refractivity contribution in [3.05, 3.63) is 29.3 Å². The smallest absolute Gasteiger partial charge is 0.293 e. The van der Waals surface area contributed by atoms with E-state index in [0.717, 1.165) is 44.9 Å². The molecule has 0 spiro atoms. The van der Waals surface area contributed by atoms with Gasteiger partial charge in [-0.1, -0.05) is 32.3 Å². The molecule has 3 nitrogen and oxygen atoms in total. The quantitative estimate of drug-likeness (QED) is 0.317. The Kier molecular flexibility index (Phi) is 6.83. The van der Waals surface area contributed by atoms with Crippen LogP contribution >= 0.6 is 0 Å². The Hall–Kier alpha value is -1.51. The third-order valence-corrected chi connectivity index (χ3v) is 6.59. The molecule has 150 valence electrons. The maximum atomic E-state index is 10.5. The van der Waals surface area contributed by atoms with Crippen LogP contribution in [0.4, 0.5) is 0 Å². The van der Waals surface area contributed by atoms with Crippen LogP contribution in [0.2, 0.25) is 0 Å². The number of unbranched alkanes of at least 4 members (excludes halogenated alkanes) is 4. The molecular weight excluding hydrogens is 336 g/mol. The lowest BCUT2D eigenvalue weighted by molar-refractivity contribution is -0.135. The van der Waals surface area contributed by atoms with E-state index in [1.54, 1.807) is 0 Å². The summed E-state index contributed by atoms with van der Waals surface area (Å²) in [7, 11) is 0. The Morgan fingerprint density at radius 3 is 2.07 bits per heavy atom. The second-order valence-corrected chi connectivity index (χ2v) is 9.34. The molecule has 2 fully saturated rings. The van der Waals surface area contributed by atoms with Gasteiger partial charge in [-0.05, 0) is 99.3 Å². The fraction of sp³-hybridized carbons (Fsp3) is 0.708. The predicted octanol–water partition coefficient (Wildman–Crippen LogP) is 6.10. The molecule has 2 aliphatic rings. The van der Waals surface area contributed by atoms with Crippen molar-refractivity contribution in [3.63, 3.8) is 0 Å². The van der Waals surface area contributed by atoms with E-state index in [0.29, 0.717) is 17.6 Å². The second kappa shape index (κ2) is 9.12. The molecular formula is C24H36O3. The van der Waals surface area contributed by atoms with Gasteiger partial charge in [-0.2, -0.15) is 0 Å². The Morgan fingerprint density at radius 1 is 0.889 bits per heavy atom. The van der Waals surface area contributed by atoms with E-state index < -0.39 is 0 Å². The van der Waals surface area contributed by atoms with E-state index in [1.165, 1.54) is 56.1 Å². The maximum absolute atomic E-state index is 10.5. The Bertz CT molecular complexity index is 614. The number of benzene rings is 1. The molecule has 27 heavy (non-hydrogen) atoms. The SMILES string of the molecule is CC1(CCCCCCc2cc(O)cc(CCCCC3(OC=O)CC3)c2)CC1. The summed E-state index contributed by atoms with van der Waals surface area (Å²) in [5, 5.41) is 10.0. The molecule has 3 rings (SSSR count). The maximum Gasteiger partial charge on any atom is 0.293 e. The highest BCUT2D eigenvalue weighted by Gasteiger charge is 2.44. The van der Waals surface area contributed by atoms with Crippen molar-refractivity contribution < 1.29 is 14.6 Å². The first-order valence-corrected chi connectivity index (χ1v) is 11.0. The van der Waals surface area contributed by atoms with Gasteiger partial charge in [0.1, 0.15) is 11.4 Å². The van der Waals surface area contributed by atoms with Gasteiger partial charge in [-0.15, -0.1) is 0 Å².